The molecule has 0 spiro atoms. The number of fused-ring (bicyclic) bond motifs is 2. The van der Waals surface area contributed by atoms with Crippen molar-refractivity contribution in [1.29, 1.82) is 0 Å². The van der Waals surface area contributed by atoms with Crippen molar-refractivity contribution >= 4 is 40.0 Å². The Hall–Kier alpha value is -2.64. The van der Waals surface area contributed by atoms with Crippen LogP contribution in [-0.2, 0) is 38.6 Å². The van der Waals surface area contributed by atoms with Crippen LogP contribution in [0, 0.1) is 13.8 Å². The average Bonchev–Trinajstić information content (AvgIpc) is 3.48. The van der Waals surface area contributed by atoms with E-state index in [4.69, 9.17) is 0 Å². The van der Waals surface area contributed by atoms with Gasteiger partial charge in [0.25, 0.3) is 0 Å². The summed E-state index contributed by atoms with van der Waals surface area (Å²) in [7, 11) is -2.54. The molecule has 0 atom stereocenters. The minimum atomic E-state index is -4.41. The first kappa shape index (κ1) is 37.8. The molecule has 0 saturated carbocycles. The third-order valence-electron chi connectivity index (χ3n) is 8.52. The van der Waals surface area contributed by atoms with Crippen molar-refractivity contribution in [3.05, 3.63) is 119 Å². The van der Waals surface area contributed by atoms with Gasteiger partial charge in [0, 0.05) is 8.07 Å². The average molecular weight is 765 g/mol. The van der Waals surface area contributed by atoms with E-state index in [1.165, 1.54) is 34.6 Å². The molecular weight excluding hydrogens is 737 g/mol. The van der Waals surface area contributed by atoms with Gasteiger partial charge < -0.3 is 24.8 Å². The molecule has 6 rings (SSSR count). The van der Waals surface area contributed by atoms with Crippen molar-refractivity contribution in [1.82, 2.24) is 0 Å². The van der Waals surface area contributed by atoms with E-state index in [0.29, 0.717) is 11.1 Å². The van der Waals surface area contributed by atoms with E-state index >= 15 is 0 Å². The normalized spacial score (nSPS) is 12.0. The number of benzene rings is 4. The Labute approximate surface area is 296 Å². The van der Waals surface area contributed by atoms with E-state index in [0.717, 1.165) is 68.1 Å². The standard InChI is InChI=1S/C36H28F6Si.2ClH.Zr/c1-21-19-25-7-5-9-29(23-11-15-27(16-12-23)35(37,38)39)31(25)33(21)43(3,4)34-22(2)20-26-8-6-10-30(32(26)34)24-13-17-28(18-14-24)36(40,41)42;;;/h5-20H,1-4H3;2*1H;/q-2;;;+4/p-2. The maximum Gasteiger partial charge on any atom is 4.00 e. The Morgan fingerprint density at radius 2 is 0.848 bits per heavy atom. The fourth-order valence-electron chi connectivity index (χ4n) is 6.84. The number of alkyl halides is 6. The van der Waals surface area contributed by atoms with E-state index in [2.05, 4.69) is 39.1 Å². The summed E-state index contributed by atoms with van der Waals surface area (Å²) in [5.41, 5.74) is 4.05. The largest absolute Gasteiger partial charge is 4.00 e. The van der Waals surface area contributed by atoms with Gasteiger partial charge in [-0.3, -0.25) is 0 Å². The number of halogens is 8. The van der Waals surface area contributed by atoms with Gasteiger partial charge in [-0.25, -0.2) is 0 Å². The molecule has 0 bridgehead atoms. The van der Waals surface area contributed by atoms with Crippen molar-refractivity contribution in [2.45, 2.75) is 39.3 Å². The first-order chi connectivity index (χ1) is 20.2. The molecule has 0 nitrogen and oxygen atoms in total. The summed E-state index contributed by atoms with van der Waals surface area (Å²) in [6, 6.07) is 26.8. The molecule has 46 heavy (non-hydrogen) atoms. The van der Waals surface area contributed by atoms with Gasteiger partial charge in [0.15, 0.2) is 0 Å². The fourth-order valence-corrected chi connectivity index (χ4v) is 11.0. The predicted octanol–water partition coefficient (Wildman–Crippen LogP) is 4.25. The van der Waals surface area contributed by atoms with Crippen LogP contribution in [0.2, 0.25) is 13.1 Å². The zero-order valence-corrected chi connectivity index (χ0v) is 30.2. The molecule has 0 heterocycles. The number of hydrogen-bond acceptors (Lipinski definition) is 0. The van der Waals surface area contributed by atoms with Crippen LogP contribution in [0.3, 0.4) is 0 Å². The topological polar surface area (TPSA) is 0 Å². The molecule has 236 valence electrons. The van der Waals surface area contributed by atoms with Gasteiger partial charge in [-0.05, 0) is 35.4 Å². The van der Waals surface area contributed by atoms with Crippen LogP contribution < -0.4 is 35.2 Å². The molecule has 0 unspecified atom stereocenters. The van der Waals surface area contributed by atoms with Gasteiger partial charge in [0.05, 0.1) is 11.1 Å². The molecule has 0 aliphatic heterocycles. The van der Waals surface area contributed by atoms with Crippen LogP contribution in [0.1, 0.15) is 22.3 Å². The SMILES string of the molecule is Cc1[cH-]c2cccc(-c3ccc(C(F)(F)F)cc3)c2c1[Si](C)(C)c1c(C)[cH-]c2cccc(-c3ccc(C(F)(F)F)cc3)c12.[Cl-].[Cl-].[Zr+4]. The number of aryl methyl sites for hydroxylation is 2. The molecule has 10 heteroatoms. The molecule has 0 amide bonds. The number of rotatable bonds is 4. The maximum absolute atomic E-state index is 13.3. The quantitative estimate of drug-likeness (QED) is 0.143. The van der Waals surface area contributed by atoms with Gasteiger partial charge >= 0.3 is 38.6 Å². The Kier molecular flexibility index (Phi) is 11.1. The Morgan fingerprint density at radius 3 is 1.15 bits per heavy atom. The Morgan fingerprint density at radius 1 is 0.522 bits per heavy atom. The van der Waals surface area contributed by atoms with Gasteiger partial charge in [0.1, 0.15) is 0 Å². The third-order valence-corrected chi connectivity index (χ3v) is 12.3. The molecular formula is C36H28Cl2F6SiZr. The number of hydrogen-bond donors (Lipinski definition) is 0. The smallest absolute Gasteiger partial charge is 1.00 e. The first-order valence-electron chi connectivity index (χ1n) is 13.9. The monoisotopic (exact) mass is 762 g/mol. The molecule has 0 saturated heterocycles. The second kappa shape index (κ2) is 13.5. The fraction of sp³-hybridized carbons (Fsp3) is 0.167. The van der Waals surface area contributed by atoms with Crippen molar-refractivity contribution in [2.24, 2.45) is 0 Å². The van der Waals surface area contributed by atoms with Gasteiger partial charge in [-0.2, -0.15) is 36.7 Å². The second-order valence-corrected chi connectivity index (χ2v) is 16.0. The zero-order valence-electron chi connectivity index (χ0n) is 25.3. The van der Waals surface area contributed by atoms with Crippen LogP contribution in [0.4, 0.5) is 26.3 Å². The summed E-state index contributed by atoms with van der Waals surface area (Å²) < 4.78 is 79.8. The third kappa shape index (κ3) is 6.56. The van der Waals surface area contributed by atoms with E-state index in [1.54, 1.807) is 0 Å². The van der Waals surface area contributed by atoms with Crippen LogP contribution in [0.5, 0.6) is 0 Å². The summed E-state index contributed by atoms with van der Waals surface area (Å²) >= 11 is 0. The minimum absolute atomic E-state index is 0. The summed E-state index contributed by atoms with van der Waals surface area (Å²) in [6.07, 6.45) is -8.83. The minimum Gasteiger partial charge on any atom is -1.00 e. The molecule has 0 fully saturated rings. The van der Waals surface area contributed by atoms with Gasteiger partial charge in [-0.1, -0.05) is 74.5 Å². The van der Waals surface area contributed by atoms with Crippen LogP contribution >= 0.6 is 0 Å². The summed E-state index contributed by atoms with van der Waals surface area (Å²) in [5, 5.41) is 6.55. The van der Waals surface area contributed by atoms with Gasteiger partial charge in [0.2, 0.25) is 0 Å². The molecule has 0 aliphatic rings. The molecule has 6 aromatic carbocycles. The van der Waals surface area contributed by atoms with Crippen molar-refractivity contribution < 1.29 is 77.4 Å². The van der Waals surface area contributed by atoms with Crippen LogP contribution in [0.15, 0.2) is 97.1 Å². The van der Waals surface area contributed by atoms with E-state index in [-0.39, 0.29) is 51.0 Å². The van der Waals surface area contributed by atoms with Gasteiger partial charge in [-0.15, -0.1) is 69.1 Å². The Balaban J connectivity index is 0.00000192. The second-order valence-electron chi connectivity index (χ2n) is 11.7. The van der Waals surface area contributed by atoms with E-state index < -0.39 is 31.6 Å². The van der Waals surface area contributed by atoms with Crippen LogP contribution in [-0.4, -0.2) is 8.07 Å². The molecule has 0 aliphatic carbocycles. The molecule has 0 aromatic heterocycles. The van der Waals surface area contributed by atoms with Crippen molar-refractivity contribution in [2.75, 3.05) is 0 Å². The zero-order chi connectivity index (χ0) is 30.9. The van der Waals surface area contributed by atoms with Crippen molar-refractivity contribution in [3.8, 4) is 22.3 Å². The van der Waals surface area contributed by atoms with E-state index in [9.17, 15) is 26.3 Å². The summed E-state index contributed by atoms with van der Waals surface area (Å²) in [5.74, 6) is 0. The first-order valence-corrected chi connectivity index (χ1v) is 16.9. The molecule has 0 N–H and O–H groups in total. The Bertz CT molecular complexity index is 1840. The molecule has 6 aromatic rings. The predicted molar refractivity (Wildman–Crippen MR) is 166 cm³/mol. The maximum atomic E-state index is 13.3. The van der Waals surface area contributed by atoms with E-state index in [1.807, 2.05) is 36.4 Å². The van der Waals surface area contributed by atoms with Crippen molar-refractivity contribution in [3.63, 3.8) is 0 Å². The summed E-state index contributed by atoms with van der Waals surface area (Å²) in [4.78, 5) is 0. The summed E-state index contributed by atoms with van der Waals surface area (Å²) in [6.45, 7) is 8.73. The molecule has 0 radical (unpaired) electrons. The van der Waals surface area contributed by atoms with Crippen LogP contribution in [0.25, 0.3) is 43.8 Å².